The summed E-state index contributed by atoms with van der Waals surface area (Å²) >= 11 is 0. The minimum atomic E-state index is -3.50. The number of rotatable bonds is 6. The predicted octanol–water partition coefficient (Wildman–Crippen LogP) is 0.682. The monoisotopic (exact) mass is 279 g/mol. The lowest BCUT2D eigenvalue weighted by atomic mass is 10.1. The number of nitrogens with zero attached hydrogens (tertiary/aromatic N) is 1. The average molecular weight is 279 g/mol. The Morgan fingerprint density at radius 1 is 1.39 bits per heavy atom. The molecule has 1 saturated heterocycles. The van der Waals surface area contributed by atoms with Gasteiger partial charge in [-0.25, -0.2) is 8.42 Å². The zero-order valence-electron chi connectivity index (χ0n) is 10.7. The van der Waals surface area contributed by atoms with E-state index in [9.17, 15) is 13.2 Å². The third kappa shape index (κ3) is 4.22. The van der Waals surface area contributed by atoms with E-state index in [0.717, 1.165) is 23.6 Å². The van der Waals surface area contributed by atoms with Crippen molar-refractivity contribution >= 4 is 16.0 Å². The summed E-state index contributed by atoms with van der Waals surface area (Å²) < 4.78 is 30.3. The number of methoxy groups -OCH3 is 1. The fourth-order valence-electron chi connectivity index (χ4n) is 2.16. The van der Waals surface area contributed by atoms with Gasteiger partial charge in [-0.3, -0.25) is 4.79 Å². The van der Waals surface area contributed by atoms with Crippen molar-refractivity contribution in [2.24, 2.45) is 0 Å². The lowest BCUT2D eigenvalue weighted by molar-refractivity contribution is -0.141. The van der Waals surface area contributed by atoms with Crippen LogP contribution < -0.4 is 0 Å². The summed E-state index contributed by atoms with van der Waals surface area (Å²) in [5, 5.41) is 9.14. The lowest BCUT2D eigenvalue weighted by Crippen LogP contribution is -2.45. The highest BCUT2D eigenvalue weighted by Gasteiger charge is 2.35. The molecule has 1 aliphatic rings. The molecule has 0 aromatic carbocycles. The number of carboxylic acid groups (broad SMARTS) is 1. The van der Waals surface area contributed by atoms with Gasteiger partial charge < -0.3 is 9.84 Å². The van der Waals surface area contributed by atoms with E-state index in [2.05, 4.69) is 0 Å². The number of hydrogen-bond acceptors (Lipinski definition) is 4. The highest BCUT2D eigenvalue weighted by molar-refractivity contribution is 7.89. The van der Waals surface area contributed by atoms with E-state index in [0.29, 0.717) is 26.0 Å². The van der Waals surface area contributed by atoms with E-state index in [1.165, 1.54) is 7.11 Å². The smallest absolute Gasteiger partial charge is 0.322 e. The van der Waals surface area contributed by atoms with Gasteiger partial charge in [0.15, 0.2) is 0 Å². The van der Waals surface area contributed by atoms with E-state index >= 15 is 0 Å². The van der Waals surface area contributed by atoms with Crippen LogP contribution in [0.3, 0.4) is 0 Å². The van der Waals surface area contributed by atoms with Gasteiger partial charge in [0.2, 0.25) is 10.0 Å². The van der Waals surface area contributed by atoms with Crippen LogP contribution in [0, 0.1) is 0 Å². The molecule has 0 aliphatic carbocycles. The van der Waals surface area contributed by atoms with Crippen LogP contribution in [0.4, 0.5) is 0 Å². The van der Waals surface area contributed by atoms with Gasteiger partial charge in [-0.15, -0.1) is 0 Å². The van der Waals surface area contributed by atoms with E-state index < -0.39 is 22.0 Å². The van der Waals surface area contributed by atoms with Crippen LogP contribution in [0.5, 0.6) is 0 Å². The molecule has 0 aromatic heterocycles. The summed E-state index contributed by atoms with van der Waals surface area (Å²) in [6.07, 6.45) is 3.17. The van der Waals surface area contributed by atoms with Gasteiger partial charge in [-0.2, -0.15) is 4.31 Å². The molecule has 1 atom stereocenters. The molecule has 1 unspecified atom stereocenters. The molecule has 0 amide bonds. The van der Waals surface area contributed by atoms with Gasteiger partial charge in [0.05, 0.1) is 5.75 Å². The minimum absolute atomic E-state index is 0.0510. The first kappa shape index (κ1) is 15.4. The van der Waals surface area contributed by atoms with Gasteiger partial charge in [-0.05, 0) is 19.3 Å². The maximum Gasteiger partial charge on any atom is 0.322 e. The van der Waals surface area contributed by atoms with E-state index in [4.69, 9.17) is 9.84 Å². The summed E-state index contributed by atoms with van der Waals surface area (Å²) in [5.74, 6) is -1.10. The van der Waals surface area contributed by atoms with Crippen molar-refractivity contribution in [3.05, 3.63) is 0 Å². The molecule has 1 rings (SSSR count). The molecule has 0 radical (unpaired) electrons. The highest BCUT2D eigenvalue weighted by Crippen LogP contribution is 2.21. The van der Waals surface area contributed by atoms with Crippen LogP contribution in [0.15, 0.2) is 0 Å². The Bertz CT molecular complexity index is 368. The molecular formula is C11H21NO5S. The summed E-state index contributed by atoms with van der Waals surface area (Å²) in [5.41, 5.74) is 0. The normalized spacial score (nSPS) is 22.6. The van der Waals surface area contributed by atoms with E-state index in [1.807, 2.05) is 0 Å². The summed E-state index contributed by atoms with van der Waals surface area (Å²) in [4.78, 5) is 11.2. The first-order valence-electron chi connectivity index (χ1n) is 6.20. The summed E-state index contributed by atoms with van der Waals surface area (Å²) in [7, 11) is -1.99. The quantitative estimate of drug-likeness (QED) is 0.723. The molecule has 1 heterocycles. The van der Waals surface area contributed by atoms with Gasteiger partial charge in [0.1, 0.15) is 6.04 Å². The van der Waals surface area contributed by atoms with Gasteiger partial charge in [-0.1, -0.05) is 12.8 Å². The average Bonchev–Trinajstić information content (AvgIpc) is 2.54. The SMILES string of the molecule is COCCCS(=O)(=O)N1CCCCCC1C(=O)O. The third-order valence-electron chi connectivity index (χ3n) is 3.10. The van der Waals surface area contributed by atoms with Crippen LogP contribution in [0.2, 0.25) is 0 Å². The van der Waals surface area contributed by atoms with E-state index in [-0.39, 0.29) is 5.75 Å². The largest absolute Gasteiger partial charge is 0.480 e. The van der Waals surface area contributed by atoms with Crippen molar-refractivity contribution in [2.75, 3.05) is 26.0 Å². The molecular weight excluding hydrogens is 258 g/mol. The number of sulfonamides is 1. The number of carbonyl (C=O) groups is 1. The Balaban J connectivity index is 2.77. The van der Waals surface area contributed by atoms with Crippen molar-refractivity contribution in [3.63, 3.8) is 0 Å². The van der Waals surface area contributed by atoms with Crippen molar-refractivity contribution in [1.82, 2.24) is 4.31 Å². The molecule has 18 heavy (non-hydrogen) atoms. The molecule has 1 fully saturated rings. The third-order valence-corrected chi connectivity index (χ3v) is 5.05. The van der Waals surface area contributed by atoms with Gasteiger partial charge in [0.25, 0.3) is 0 Å². The van der Waals surface area contributed by atoms with Crippen LogP contribution in [-0.4, -0.2) is 55.9 Å². The molecule has 106 valence electrons. The second-order valence-corrected chi connectivity index (χ2v) is 6.52. The molecule has 0 aromatic rings. The van der Waals surface area contributed by atoms with Gasteiger partial charge in [0, 0.05) is 20.3 Å². The zero-order chi connectivity index (χ0) is 13.6. The van der Waals surface area contributed by atoms with Crippen molar-refractivity contribution in [2.45, 2.75) is 38.1 Å². The number of aliphatic carboxylic acids is 1. The zero-order valence-corrected chi connectivity index (χ0v) is 11.5. The predicted molar refractivity (Wildman–Crippen MR) is 66.9 cm³/mol. The summed E-state index contributed by atoms with van der Waals surface area (Å²) in [6, 6.07) is -0.903. The van der Waals surface area contributed by atoms with Crippen LogP contribution in [0.25, 0.3) is 0 Å². The Kier molecular flexibility index (Phi) is 6.04. The first-order valence-corrected chi connectivity index (χ1v) is 7.81. The van der Waals surface area contributed by atoms with Crippen molar-refractivity contribution < 1.29 is 23.1 Å². The van der Waals surface area contributed by atoms with Crippen LogP contribution in [0.1, 0.15) is 32.1 Å². The molecule has 0 spiro atoms. The lowest BCUT2D eigenvalue weighted by Gasteiger charge is -2.25. The van der Waals surface area contributed by atoms with Crippen LogP contribution in [-0.2, 0) is 19.6 Å². The fraction of sp³-hybridized carbons (Fsp3) is 0.909. The molecule has 1 N–H and O–H groups in total. The first-order chi connectivity index (χ1) is 8.49. The second-order valence-electron chi connectivity index (χ2n) is 4.48. The molecule has 0 saturated carbocycles. The Morgan fingerprint density at radius 3 is 2.72 bits per heavy atom. The maximum absolute atomic E-state index is 12.1. The second kappa shape index (κ2) is 7.06. The van der Waals surface area contributed by atoms with Crippen LogP contribution >= 0.6 is 0 Å². The Hall–Kier alpha value is -0.660. The maximum atomic E-state index is 12.1. The standard InChI is InChI=1S/C11H21NO5S/c1-17-8-5-9-18(15,16)12-7-4-2-3-6-10(12)11(13)14/h10H,2-9H2,1H3,(H,13,14). The van der Waals surface area contributed by atoms with Crippen molar-refractivity contribution in [3.8, 4) is 0 Å². The summed E-state index contributed by atoms with van der Waals surface area (Å²) in [6.45, 7) is 0.678. The van der Waals surface area contributed by atoms with Gasteiger partial charge >= 0.3 is 5.97 Å². The van der Waals surface area contributed by atoms with Crippen molar-refractivity contribution in [1.29, 1.82) is 0 Å². The molecule has 0 bridgehead atoms. The molecule has 7 heteroatoms. The molecule has 1 aliphatic heterocycles. The molecule has 6 nitrogen and oxygen atoms in total. The number of ether oxygens (including phenoxy) is 1. The Labute approximate surface area is 108 Å². The fourth-order valence-corrected chi connectivity index (χ4v) is 3.87. The Morgan fingerprint density at radius 2 is 2.11 bits per heavy atom. The minimum Gasteiger partial charge on any atom is -0.480 e. The number of carboxylic acids is 1. The number of hydrogen-bond donors (Lipinski definition) is 1. The van der Waals surface area contributed by atoms with E-state index in [1.54, 1.807) is 0 Å². The highest BCUT2D eigenvalue weighted by atomic mass is 32.2. The topological polar surface area (TPSA) is 83.9 Å².